The summed E-state index contributed by atoms with van der Waals surface area (Å²) in [6.45, 7) is 0. The van der Waals surface area contributed by atoms with E-state index in [4.69, 9.17) is 0 Å². The largest absolute Gasteiger partial charge is 0.357 e. The van der Waals surface area contributed by atoms with Crippen LogP contribution in [-0.2, 0) is 6.42 Å². The molecular weight excluding hydrogens is 234 g/mol. The number of H-pyrrole nitrogens is 1. The number of nitrogens with zero attached hydrogens (tertiary/aromatic N) is 2. The van der Waals surface area contributed by atoms with Gasteiger partial charge in [0.05, 0.1) is 11.0 Å². The molecular formula is C16H13N3. The lowest BCUT2D eigenvalue weighted by Gasteiger charge is -1.90. The van der Waals surface area contributed by atoms with Crippen molar-refractivity contribution < 1.29 is 0 Å². The Morgan fingerprint density at radius 1 is 1.05 bits per heavy atom. The maximum atomic E-state index is 4.30. The molecule has 0 aromatic carbocycles. The highest BCUT2D eigenvalue weighted by Gasteiger charge is 1.99. The molecule has 0 radical (unpaired) electrons. The molecule has 0 saturated heterocycles. The van der Waals surface area contributed by atoms with Crippen LogP contribution in [0.5, 0.6) is 0 Å². The van der Waals surface area contributed by atoms with Crippen LogP contribution >= 0.6 is 0 Å². The van der Waals surface area contributed by atoms with E-state index in [1.54, 1.807) is 12.4 Å². The molecule has 0 aliphatic carbocycles. The van der Waals surface area contributed by atoms with Gasteiger partial charge >= 0.3 is 0 Å². The maximum Gasteiger partial charge on any atom is 0.113 e. The zero-order chi connectivity index (χ0) is 12.9. The summed E-state index contributed by atoms with van der Waals surface area (Å²) in [5, 5.41) is 0. The van der Waals surface area contributed by atoms with Crippen molar-refractivity contribution in [3.8, 4) is 11.8 Å². The Morgan fingerprint density at radius 3 is 2.84 bits per heavy atom. The lowest BCUT2D eigenvalue weighted by atomic mass is 10.2. The van der Waals surface area contributed by atoms with Crippen LogP contribution in [0.1, 0.15) is 17.8 Å². The first-order valence-electron chi connectivity index (χ1n) is 6.24. The number of nitrogens with one attached hydrogen (secondary N) is 1. The van der Waals surface area contributed by atoms with Gasteiger partial charge in [0.2, 0.25) is 0 Å². The van der Waals surface area contributed by atoms with Crippen LogP contribution in [0, 0.1) is 11.8 Å². The van der Waals surface area contributed by atoms with Gasteiger partial charge in [0.15, 0.2) is 0 Å². The van der Waals surface area contributed by atoms with Crippen LogP contribution in [0.2, 0.25) is 0 Å². The van der Waals surface area contributed by atoms with Crippen molar-refractivity contribution in [1.29, 1.82) is 0 Å². The number of aromatic amines is 1. The smallest absolute Gasteiger partial charge is 0.113 e. The van der Waals surface area contributed by atoms with Gasteiger partial charge in [-0.05, 0) is 42.7 Å². The third kappa shape index (κ3) is 2.80. The van der Waals surface area contributed by atoms with Gasteiger partial charge in [-0.15, -0.1) is 0 Å². The fourth-order valence-corrected chi connectivity index (χ4v) is 1.93. The van der Waals surface area contributed by atoms with Crippen molar-refractivity contribution in [2.75, 3.05) is 0 Å². The summed E-state index contributed by atoms with van der Waals surface area (Å²) in [6, 6.07) is 11.8. The molecule has 0 aliphatic heterocycles. The molecule has 0 bridgehead atoms. The Labute approximate surface area is 111 Å². The predicted octanol–water partition coefficient (Wildman–Crippen LogP) is 2.94. The minimum absolute atomic E-state index is 0.809. The molecule has 0 unspecified atom stereocenters. The van der Waals surface area contributed by atoms with Crippen LogP contribution in [-0.4, -0.2) is 15.0 Å². The molecule has 19 heavy (non-hydrogen) atoms. The average molecular weight is 247 g/mol. The fourth-order valence-electron chi connectivity index (χ4n) is 1.93. The quantitative estimate of drug-likeness (QED) is 0.707. The summed E-state index contributed by atoms with van der Waals surface area (Å²) in [5.41, 5.74) is 4.08. The highest BCUT2D eigenvalue weighted by molar-refractivity contribution is 5.75. The van der Waals surface area contributed by atoms with Crippen molar-refractivity contribution in [1.82, 2.24) is 15.0 Å². The highest BCUT2D eigenvalue weighted by atomic mass is 14.8. The van der Waals surface area contributed by atoms with Crippen molar-refractivity contribution in [2.45, 2.75) is 12.8 Å². The molecule has 1 N–H and O–H groups in total. The van der Waals surface area contributed by atoms with Crippen molar-refractivity contribution in [3.63, 3.8) is 0 Å². The Balaban J connectivity index is 1.65. The van der Waals surface area contributed by atoms with Crippen molar-refractivity contribution >= 4 is 11.0 Å². The number of rotatable bonds is 2. The Bertz CT molecular complexity index is 700. The molecule has 3 rings (SSSR count). The van der Waals surface area contributed by atoms with Crippen molar-refractivity contribution in [3.05, 3.63) is 60.2 Å². The number of pyridine rings is 2. The second kappa shape index (κ2) is 5.36. The van der Waals surface area contributed by atoms with E-state index in [2.05, 4.69) is 32.9 Å². The molecule has 3 nitrogen and oxygen atoms in total. The second-order valence-corrected chi connectivity index (χ2v) is 4.25. The molecule has 0 spiro atoms. The summed E-state index contributed by atoms with van der Waals surface area (Å²) < 4.78 is 0. The van der Waals surface area contributed by atoms with Crippen LogP contribution < -0.4 is 0 Å². The van der Waals surface area contributed by atoms with Crippen LogP contribution in [0.4, 0.5) is 0 Å². The molecule has 0 saturated carbocycles. The third-order valence-electron chi connectivity index (χ3n) is 2.85. The second-order valence-electron chi connectivity index (χ2n) is 4.25. The van der Waals surface area contributed by atoms with E-state index in [9.17, 15) is 0 Å². The summed E-state index contributed by atoms with van der Waals surface area (Å²) in [6.07, 6.45) is 5.27. The van der Waals surface area contributed by atoms with Gasteiger partial charge in [0.25, 0.3) is 0 Å². The molecule has 3 heterocycles. The Morgan fingerprint density at radius 2 is 2.00 bits per heavy atom. The van der Waals surface area contributed by atoms with E-state index < -0.39 is 0 Å². The molecule has 0 aliphatic rings. The van der Waals surface area contributed by atoms with Gasteiger partial charge in [-0.2, -0.15) is 0 Å². The normalized spacial score (nSPS) is 10.1. The lowest BCUT2D eigenvalue weighted by Crippen LogP contribution is -1.83. The van der Waals surface area contributed by atoms with E-state index in [1.807, 2.05) is 30.3 Å². The maximum absolute atomic E-state index is 4.30. The van der Waals surface area contributed by atoms with Crippen LogP contribution in [0.15, 0.2) is 48.8 Å². The minimum Gasteiger partial charge on any atom is -0.357 e. The van der Waals surface area contributed by atoms with Gasteiger partial charge in [-0.25, -0.2) is 4.98 Å². The number of aromatic nitrogens is 3. The molecule has 92 valence electrons. The Kier molecular flexibility index (Phi) is 3.24. The molecule has 3 heteroatoms. The van der Waals surface area contributed by atoms with E-state index in [0.29, 0.717) is 0 Å². The molecule has 3 aromatic heterocycles. The van der Waals surface area contributed by atoms with Gasteiger partial charge in [-0.3, -0.25) is 4.98 Å². The fraction of sp³-hybridized carbons (Fsp3) is 0.125. The summed E-state index contributed by atoms with van der Waals surface area (Å²) in [4.78, 5) is 11.8. The summed E-state index contributed by atoms with van der Waals surface area (Å²) in [7, 11) is 0. The lowest BCUT2D eigenvalue weighted by molar-refractivity contribution is 0.986. The topological polar surface area (TPSA) is 41.6 Å². The number of fused-ring (bicyclic) bond motifs is 1. The molecule has 0 atom stereocenters. The van der Waals surface area contributed by atoms with E-state index >= 15 is 0 Å². The number of aryl methyl sites for hydroxylation is 1. The van der Waals surface area contributed by atoms with E-state index in [1.165, 1.54) is 5.69 Å². The first-order valence-corrected chi connectivity index (χ1v) is 6.24. The van der Waals surface area contributed by atoms with Gasteiger partial charge in [-0.1, -0.05) is 12.0 Å². The van der Waals surface area contributed by atoms with Gasteiger partial charge < -0.3 is 4.98 Å². The predicted molar refractivity (Wildman–Crippen MR) is 75.5 cm³/mol. The first kappa shape index (κ1) is 11.5. The van der Waals surface area contributed by atoms with E-state index in [-0.39, 0.29) is 0 Å². The van der Waals surface area contributed by atoms with E-state index in [0.717, 1.165) is 29.6 Å². The highest BCUT2D eigenvalue weighted by Crippen LogP contribution is 2.12. The van der Waals surface area contributed by atoms with Gasteiger partial charge in [0.1, 0.15) is 5.69 Å². The van der Waals surface area contributed by atoms with Crippen LogP contribution in [0.3, 0.4) is 0 Å². The minimum atomic E-state index is 0.809. The standard InChI is InChI=1S/C16H13N3/c1(6-13-7-3-4-10-17-13)2-8-14-12-16-15(19-14)9-5-11-18-16/h3-5,7,9-12,19H,2,8H2. The Hall–Kier alpha value is -2.60. The number of hydrogen-bond donors (Lipinski definition) is 1. The monoisotopic (exact) mass is 247 g/mol. The first-order chi connectivity index (χ1) is 9.42. The van der Waals surface area contributed by atoms with Crippen molar-refractivity contribution in [2.24, 2.45) is 0 Å². The molecule has 3 aromatic rings. The van der Waals surface area contributed by atoms with Crippen LogP contribution in [0.25, 0.3) is 11.0 Å². The zero-order valence-electron chi connectivity index (χ0n) is 10.4. The third-order valence-corrected chi connectivity index (χ3v) is 2.85. The zero-order valence-corrected chi connectivity index (χ0v) is 10.4. The molecule has 0 amide bonds. The molecule has 0 fully saturated rings. The van der Waals surface area contributed by atoms with Gasteiger partial charge in [0, 0.05) is 24.5 Å². The summed E-state index contributed by atoms with van der Waals surface area (Å²) in [5.74, 6) is 6.20. The SMILES string of the molecule is C(#Cc1ccccn1)CCc1cc2ncccc2[nH]1. The number of hydrogen-bond acceptors (Lipinski definition) is 2. The average Bonchev–Trinajstić information content (AvgIpc) is 2.87. The summed E-state index contributed by atoms with van der Waals surface area (Å²) >= 11 is 0.